The maximum Gasteiger partial charge on any atom is 0.159 e. The van der Waals surface area contributed by atoms with Crippen LogP contribution >= 0.6 is 0 Å². The Morgan fingerprint density at radius 2 is 1.25 bits per heavy atom. The van der Waals surface area contributed by atoms with Gasteiger partial charge in [0.05, 0.1) is 5.69 Å². The van der Waals surface area contributed by atoms with Gasteiger partial charge in [-0.15, -0.1) is 0 Å². The van der Waals surface area contributed by atoms with Crippen molar-refractivity contribution in [1.29, 1.82) is 0 Å². The predicted octanol–water partition coefficient (Wildman–Crippen LogP) is 9.08. The van der Waals surface area contributed by atoms with Crippen molar-refractivity contribution in [2.45, 2.75) is 52.4 Å². The number of hydrogen-bond acceptors (Lipinski definition) is 2. The molecule has 0 aliphatic heterocycles. The normalized spacial score (nSPS) is 12.7. The number of benzene rings is 4. The lowest BCUT2D eigenvalue weighted by Crippen LogP contribution is -2.16. The van der Waals surface area contributed by atoms with E-state index in [0.717, 1.165) is 27.9 Å². The van der Waals surface area contributed by atoms with E-state index in [1.807, 2.05) is 12.1 Å². The molecule has 2 nitrogen and oxygen atoms in total. The molecule has 1 aromatic heterocycles. The lowest BCUT2D eigenvalue weighted by atomic mass is 9.80. The Hall–Kier alpha value is -3.26. The summed E-state index contributed by atoms with van der Waals surface area (Å²) in [5.74, 6) is 0. The van der Waals surface area contributed by atoms with Gasteiger partial charge in [-0.25, -0.2) is 0 Å². The van der Waals surface area contributed by atoms with Gasteiger partial charge in [0.1, 0.15) is 5.58 Å². The van der Waals surface area contributed by atoms with Crippen LogP contribution in [0.1, 0.15) is 52.7 Å². The highest BCUT2D eigenvalue weighted by molar-refractivity contribution is 6.22. The minimum absolute atomic E-state index is 0.0652. The van der Waals surface area contributed by atoms with Crippen molar-refractivity contribution in [2.24, 2.45) is 0 Å². The topological polar surface area (TPSA) is 25.2 Å². The molecule has 1 N–H and O–H groups in total. The number of rotatable bonds is 2. The number of fused-ring (bicyclic) bond motifs is 5. The first-order valence-electron chi connectivity index (χ1n) is 11.4. The molecule has 0 fully saturated rings. The summed E-state index contributed by atoms with van der Waals surface area (Å²) in [7, 11) is 0. The second-order valence-corrected chi connectivity index (χ2v) is 10.9. The van der Waals surface area contributed by atoms with Gasteiger partial charge in [-0.05, 0) is 57.0 Å². The van der Waals surface area contributed by atoms with E-state index in [0.29, 0.717) is 0 Å². The summed E-state index contributed by atoms with van der Waals surface area (Å²) in [4.78, 5) is 0. The Bertz CT molecular complexity index is 1430. The second kappa shape index (κ2) is 7.13. The van der Waals surface area contributed by atoms with E-state index in [1.54, 1.807) is 0 Å². The van der Waals surface area contributed by atoms with Gasteiger partial charge in [-0.1, -0.05) is 90.1 Å². The molecule has 0 spiro atoms. The maximum atomic E-state index is 6.40. The molecule has 0 saturated carbocycles. The van der Waals surface area contributed by atoms with Gasteiger partial charge >= 0.3 is 0 Å². The molecule has 0 bridgehead atoms. The number of para-hydroxylation sites is 1. The molecule has 5 rings (SSSR count). The molecule has 0 radical (unpaired) electrons. The first-order valence-corrected chi connectivity index (χ1v) is 11.4. The van der Waals surface area contributed by atoms with E-state index in [4.69, 9.17) is 4.42 Å². The van der Waals surface area contributed by atoms with Gasteiger partial charge in [0, 0.05) is 16.5 Å². The molecule has 2 heteroatoms. The van der Waals surface area contributed by atoms with Crippen LogP contribution in [0, 0.1) is 0 Å². The van der Waals surface area contributed by atoms with Crippen LogP contribution in [0.4, 0.5) is 11.4 Å². The van der Waals surface area contributed by atoms with Gasteiger partial charge in [0.15, 0.2) is 5.58 Å². The smallest absolute Gasteiger partial charge is 0.159 e. The van der Waals surface area contributed by atoms with Crippen LogP contribution in [0.5, 0.6) is 0 Å². The zero-order chi connectivity index (χ0) is 22.7. The molecule has 0 amide bonds. The molecule has 32 heavy (non-hydrogen) atoms. The summed E-state index contributed by atoms with van der Waals surface area (Å²) in [6.07, 6.45) is 0. The van der Waals surface area contributed by atoms with Crippen molar-refractivity contribution in [3.63, 3.8) is 0 Å². The number of hydrogen-bond donors (Lipinski definition) is 1. The Kier molecular flexibility index (Phi) is 4.60. The molecule has 1 heterocycles. The minimum Gasteiger partial charge on any atom is -0.454 e. The summed E-state index contributed by atoms with van der Waals surface area (Å²) in [5, 5.41) is 8.48. The molecule has 0 aliphatic carbocycles. The van der Waals surface area contributed by atoms with Gasteiger partial charge < -0.3 is 9.73 Å². The van der Waals surface area contributed by atoms with Crippen LogP contribution < -0.4 is 5.32 Å². The average molecular weight is 422 g/mol. The van der Waals surface area contributed by atoms with Crippen molar-refractivity contribution in [3.05, 3.63) is 83.9 Å². The lowest BCUT2D eigenvalue weighted by Gasteiger charge is -2.26. The largest absolute Gasteiger partial charge is 0.454 e. The van der Waals surface area contributed by atoms with E-state index < -0.39 is 0 Å². The van der Waals surface area contributed by atoms with Crippen molar-refractivity contribution in [3.8, 4) is 0 Å². The quantitative estimate of drug-likeness (QED) is 0.307. The molecule has 0 unspecified atom stereocenters. The lowest BCUT2D eigenvalue weighted by molar-refractivity contribution is 0.569. The third-order valence-corrected chi connectivity index (χ3v) is 6.31. The highest BCUT2D eigenvalue weighted by Gasteiger charge is 2.21. The summed E-state index contributed by atoms with van der Waals surface area (Å²) >= 11 is 0. The number of nitrogens with one attached hydrogen (secondary N) is 1. The molecule has 162 valence electrons. The number of anilines is 2. The van der Waals surface area contributed by atoms with Gasteiger partial charge in [-0.3, -0.25) is 0 Å². The van der Waals surface area contributed by atoms with Gasteiger partial charge in [-0.2, -0.15) is 0 Å². The average Bonchev–Trinajstić information content (AvgIpc) is 3.13. The van der Waals surface area contributed by atoms with Crippen LogP contribution in [0.2, 0.25) is 0 Å². The molecule has 0 atom stereocenters. The Labute approximate surface area is 190 Å². The standard InChI is InChI=1S/C30H31NO/c1-29(2,3)20-16-21(30(4,5)6)18-22(17-20)31-25-15-19-11-7-8-12-23(19)27-24-13-9-10-14-26(24)32-28(25)27/h7-18,31H,1-6H3. The second-order valence-electron chi connectivity index (χ2n) is 10.9. The first kappa shape index (κ1) is 20.6. The molecule has 5 aromatic rings. The third-order valence-electron chi connectivity index (χ3n) is 6.31. The third kappa shape index (κ3) is 3.54. The SMILES string of the molecule is CC(C)(C)c1cc(Nc2cc3ccccc3c3c2oc2ccccc23)cc(C(C)(C)C)c1. The van der Waals surface area contributed by atoms with Crippen LogP contribution in [0.3, 0.4) is 0 Å². The highest BCUT2D eigenvalue weighted by Crippen LogP contribution is 2.41. The molecule has 4 aromatic carbocycles. The van der Waals surface area contributed by atoms with Gasteiger partial charge in [0.2, 0.25) is 0 Å². The summed E-state index contributed by atoms with van der Waals surface area (Å²) in [6.45, 7) is 13.6. The van der Waals surface area contributed by atoms with Crippen molar-refractivity contribution < 1.29 is 4.42 Å². The Morgan fingerprint density at radius 1 is 0.656 bits per heavy atom. The minimum atomic E-state index is 0.0652. The monoisotopic (exact) mass is 421 g/mol. The van der Waals surface area contributed by atoms with E-state index >= 15 is 0 Å². The van der Waals surface area contributed by atoms with E-state index in [9.17, 15) is 0 Å². The summed E-state index contributed by atoms with van der Waals surface area (Å²) in [5.41, 5.74) is 6.71. The molecule has 0 aliphatic rings. The number of furan rings is 1. The zero-order valence-electron chi connectivity index (χ0n) is 19.8. The van der Waals surface area contributed by atoms with Crippen LogP contribution in [-0.4, -0.2) is 0 Å². The van der Waals surface area contributed by atoms with Gasteiger partial charge in [0.25, 0.3) is 0 Å². The fraction of sp³-hybridized carbons (Fsp3) is 0.267. The van der Waals surface area contributed by atoms with E-state index in [2.05, 4.69) is 108 Å². The maximum absolute atomic E-state index is 6.40. The highest BCUT2D eigenvalue weighted by atomic mass is 16.3. The molecular weight excluding hydrogens is 390 g/mol. The van der Waals surface area contributed by atoms with Crippen molar-refractivity contribution in [1.82, 2.24) is 0 Å². The molecular formula is C30H31NO. The summed E-state index contributed by atoms with van der Waals surface area (Å²) in [6, 6.07) is 26.0. The first-order chi connectivity index (χ1) is 15.1. The van der Waals surface area contributed by atoms with E-state index in [1.165, 1.54) is 27.3 Å². The zero-order valence-corrected chi connectivity index (χ0v) is 19.8. The van der Waals surface area contributed by atoms with Crippen LogP contribution in [0.15, 0.2) is 77.2 Å². The van der Waals surface area contributed by atoms with Crippen LogP contribution in [0.25, 0.3) is 32.7 Å². The van der Waals surface area contributed by atoms with Crippen molar-refractivity contribution in [2.75, 3.05) is 5.32 Å². The van der Waals surface area contributed by atoms with Crippen LogP contribution in [-0.2, 0) is 10.8 Å². The fourth-order valence-corrected chi connectivity index (χ4v) is 4.39. The Morgan fingerprint density at radius 3 is 1.91 bits per heavy atom. The summed E-state index contributed by atoms with van der Waals surface area (Å²) < 4.78 is 6.40. The van der Waals surface area contributed by atoms with E-state index in [-0.39, 0.29) is 10.8 Å². The predicted molar refractivity (Wildman–Crippen MR) is 138 cm³/mol. The Balaban J connectivity index is 1.76. The van der Waals surface area contributed by atoms with Crippen molar-refractivity contribution >= 4 is 44.1 Å². The fourth-order valence-electron chi connectivity index (χ4n) is 4.39. The molecule has 0 saturated heterocycles.